The highest BCUT2D eigenvalue weighted by Gasteiger charge is 2.18. The Balaban J connectivity index is 1.66. The fraction of sp³-hybridized carbons (Fsp3) is 0.875. The summed E-state index contributed by atoms with van der Waals surface area (Å²) in [5.74, 6) is 1.92. The van der Waals surface area contributed by atoms with Crippen LogP contribution in [0.3, 0.4) is 0 Å². The van der Waals surface area contributed by atoms with E-state index < -0.39 is 0 Å². The van der Waals surface area contributed by atoms with E-state index in [1.807, 2.05) is 0 Å². The Bertz CT molecular complexity index is 234. The van der Waals surface area contributed by atoms with Gasteiger partial charge in [0.2, 0.25) is 0 Å². The zero-order valence-corrected chi connectivity index (χ0v) is 11.5. The Morgan fingerprint density at radius 1 is 1.00 bits per heavy atom. The molecule has 1 N–H and O–H groups in total. The summed E-state index contributed by atoms with van der Waals surface area (Å²) in [6.07, 6.45) is 17.3. The van der Waals surface area contributed by atoms with E-state index in [0.29, 0.717) is 0 Å². The maximum atomic E-state index is 3.84. The topological polar surface area (TPSA) is 12.0 Å². The van der Waals surface area contributed by atoms with E-state index in [4.69, 9.17) is 0 Å². The van der Waals surface area contributed by atoms with E-state index in [9.17, 15) is 0 Å². The lowest BCUT2D eigenvalue weighted by molar-refractivity contribution is 0.375. The zero-order valence-electron chi connectivity index (χ0n) is 11.5. The molecule has 1 saturated carbocycles. The largest absolute Gasteiger partial charge is 0.314 e. The van der Waals surface area contributed by atoms with E-state index in [1.54, 1.807) is 0 Å². The predicted molar refractivity (Wildman–Crippen MR) is 75.1 cm³/mol. The van der Waals surface area contributed by atoms with Crippen molar-refractivity contribution in [2.75, 3.05) is 6.54 Å². The Kier molecular flexibility index (Phi) is 5.57. The number of nitrogens with one attached hydrogen (secondary N) is 1. The molecule has 0 aromatic rings. The molecule has 1 heteroatoms. The van der Waals surface area contributed by atoms with Crippen molar-refractivity contribution in [1.29, 1.82) is 0 Å². The Labute approximate surface area is 107 Å². The summed E-state index contributed by atoms with van der Waals surface area (Å²) < 4.78 is 0. The number of allylic oxidation sites excluding steroid dienone is 2. The van der Waals surface area contributed by atoms with Gasteiger partial charge in [-0.15, -0.1) is 0 Å². The van der Waals surface area contributed by atoms with E-state index in [2.05, 4.69) is 24.4 Å². The molecule has 3 unspecified atom stereocenters. The maximum absolute atomic E-state index is 3.84. The molecule has 0 amide bonds. The van der Waals surface area contributed by atoms with Crippen molar-refractivity contribution in [2.45, 2.75) is 70.8 Å². The third-order valence-electron chi connectivity index (χ3n) is 4.74. The van der Waals surface area contributed by atoms with Gasteiger partial charge in [-0.05, 0) is 56.9 Å². The van der Waals surface area contributed by atoms with Crippen LogP contribution in [0.25, 0.3) is 0 Å². The first kappa shape index (κ1) is 13.1. The van der Waals surface area contributed by atoms with Gasteiger partial charge in [0.05, 0.1) is 0 Å². The first-order chi connectivity index (χ1) is 8.38. The predicted octanol–water partition coefficient (Wildman–Crippen LogP) is 4.29. The molecule has 0 heterocycles. The smallest absolute Gasteiger partial charge is 0.00672 e. The average Bonchev–Trinajstić information content (AvgIpc) is 2.62. The Morgan fingerprint density at radius 2 is 1.94 bits per heavy atom. The SMILES string of the molecule is CCC1CCCC(NCC2CC=CCC2)CC1. The molecule has 1 nitrogen and oxygen atoms in total. The summed E-state index contributed by atoms with van der Waals surface area (Å²) in [4.78, 5) is 0. The van der Waals surface area contributed by atoms with Crippen molar-refractivity contribution in [2.24, 2.45) is 11.8 Å². The van der Waals surface area contributed by atoms with Gasteiger partial charge < -0.3 is 5.32 Å². The zero-order chi connectivity index (χ0) is 11.9. The molecule has 0 bridgehead atoms. The first-order valence-corrected chi connectivity index (χ1v) is 7.77. The molecule has 0 aromatic carbocycles. The van der Waals surface area contributed by atoms with Gasteiger partial charge in [-0.1, -0.05) is 38.3 Å². The molecule has 3 atom stereocenters. The van der Waals surface area contributed by atoms with Gasteiger partial charge in [0.25, 0.3) is 0 Å². The molecule has 98 valence electrons. The monoisotopic (exact) mass is 235 g/mol. The second kappa shape index (κ2) is 7.20. The lowest BCUT2D eigenvalue weighted by Gasteiger charge is -2.23. The summed E-state index contributed by atoms with van der Waals surface area (Å²) >= 11 is 0. The molecule has 0 spiro atoms. The highest BCUT2D eigenvalue weighted by Crippen LogP contribution is 2.26. The molecule has 0 radical (unpaired) electrons. The summed E-state index contributed by atoms with van der Waals surface area (Å²) in [5, 5.41) is 3.84. The average molecular weight is 235 g/mol. The molecular weight excluding hydrogens is 206 g/mol. The van der Waals surface area contributed by atoms with Crippen LogP contribution in [0.15, 0.2) is 12.2 Å². The maximum Gasteiger partial charge on any atom is 0.00672 e. The Hall–Kier alpha value is -0.300. The molecular formula is C16H29N. The summed E-state index contributed by atoms with van der Waals surface area (Å²) in [7, 11) is 0. The summed E-state index contributed by atoms with van der Waals surface area (Å²) in [6, 6.07) is 0.817. The van der Waals surface area contributed by atoms with Crippen LogP contribution in [-0.2, 0) is 0 Å². The fourth-order valence-corrected chi connectivity index (χ4v) is 3.37. The quantitative estimate of drug-likeness (QED) is 0.566. The highest BCUT2D eigenvalue weighted by atomic mass is 14.9. The molecule has 0 saturated heterocycles. The Morgan fingerprint density at radius 3 is 2.71 bits per heavy atom. The summed E-state index contributed by atoms with van der Waals surface area (Å²) in [5.41, 5.74) is 0. The fourth-order valence-electron chi connectivity index (χ4n) is 3.37. The molecule has 1 fully saturated rings. The molecule has 0 aliphatic heterocycles. The standard InChI is InChI=1S/C16H29N/c1-2-14-9-6-10-16(12-11-14)17-13-15-7-4-3-5-8-15/h3-4,14-17H,2,5-13H2,1H3. The minimum atomic E-state index is 0.817. The normalized spacial score (nSPS) is 34.5. The van der Waals surface area contributed by atoms with E-state index in [-0.39, 0.29) is 0 Å². The van der Waals surface area contributed by atoms with Gasteiger partial charge in [0.15, 0.2) is 0 Å². The second-order valence-corrected chi connectivity index (χ2v) is 6.04. The molecule has 2 rings (SSSR count). The summed E-state index contributed by atoms with van der Waals surface area (Å²) in [6.45, 7) is 3.61. The first-order valence-electron chi connectivity index (χ1n) is 7.77. The van der Waals surface area contributed by atoms with Crippen LogP contribution in [0, 0.1) is 11.8 Å². The molecule has 0 aromatic heterocycles. The van der Waals surface area contributed by atoms with Gasteiger partial charge in [0, 0.05) is 6.04 Å². The third kappa shape index (κ3) is 4.46. The van der Waals surface area contributed by atoms with Crippen LogP contribution in [0.2, 0.25) is 0 Å². The van der Waals surface area contributed by atoms with Crippen molar-refractivity contribution in [3.8, 4) is 0 Å². The van der Waals surface area contributed by atoms with Crippen LogP contribution in [0.4, 0.5) is 0 Å². The number of hydrogen-bond acceptors (Lipinski definition) is 1. The van der Waals surface area contributed by atoms with Crippen LogP contribution in [-0.4, -0.2) is 12.6 Å². The van der Waals surface area contributed by atoms with Crippen LogP contribution in [0.5, 0.6) is 0 Å². The van der Waals surface area contributed by atoms with Gasteiger partial charge in [-0.2, -0.15) is 0 Å². The second-order valence-electron chi connectivity index (χ2n) is 6.04. The van der Waals surface area contributed by atoms with Crippen LogP contribution in [0.1, 0.15) is 64.7 Å². The van der Waals surface area contributed by atoms with Crippen LogP contribution >= 0.6 is 0 Å². The molecule has 2 aliphatic carbocycles. The van der Waals surface area contributed by atoms with E-state index in [1.165, 1.54) is 64.3 Å². The van der Waals surface area contributed by atoms with Gasteiger partial charge in [-0.3, -0.25) is 0 Å². The van der Waals surface area contributed by atoms with Crippen molar-refractivity contribution in [3.05, 3.63) is 12.2 Å². The van der Waals surface area contributed by atoms with Gasteiger partial charge >= 0.3 is 0 Å². The van der Waals surface area contributed by atoms with Crippen LogP contribution < -0.4 is 5.32 Å². The van der Waals surface area contributed by atoms with E-state index in [0.717, 1.165) is 17.9 Å². The molecule has 17 heavy (non-hydrogen) atoms. The molecule has 2 aliphatic rings. The van der Waals surface area contributed by atoms with Crippen molar-refractivity contribution < 1.29 is 0 Å². The minimum Gasteiger partial charge on any atom is -0.314 e. The minimum absolute atomic E-state index is 0.817. The third-order valence-corrected chi connectivity index (χ3v) is 4.74. The van der Waals surface area contributed by atoms with Crippen molar-refractivity contribution in [3.63, 3.8) is 0 Å². The van der Waals surface area contributed by atoms with Gasteiger partial charge in [-0.25, -0.2) is 0 Å². The van der Waals surface area contributed by atoms with Crippen molar-refractivity contribution in [1.82, 2.24) is 5.32 Å². The van der Waals surface area contributed by atoms with Crippen molar-refractivity contribution >= 4 is 0 Å². The highest BCUT2D eigenvalue weighted by molar-refractivity contribution is 4.91. The lowest BCUT2D eigenvalue weighted by Crippen LogP contribution is -2.33. The lowest BCUT2D eigenvalue weighted by atomic mass is 9.94. The number of hydrogen-bond donors (Lipinski definition) is 1. The van der Waals surface area contributed by atoms with E-state index >= 15 is 0 Å². The van der Waals surface area contributed by atoms with Gasteiger partial charge in [0.1, 0.15) is 0 Å². The number of rotatable bonds is 4.